The summed E-state index contributed by atoms with van der Waals surface area (Å²) in [5.41, 5.74) is 6.17. The lowest BCUT2D eigenvalue weighted by Crippen LogP contribution is -2.44. The van der Waals surface area contributed by atoms with Crippen LogP contribution in [0.3, 0.4) is 0 Å². The zero-order valence-corrected chi connectivity index (χ0v) is 13.6. The minimum Gasteiger partial charge on any atom is -0.273 e. The van der Waals surface area contributed by atoms with Gasteiger partial charge in [0.15, 0.2) is 0 Å². The van der Waals surface area contributed by atoms with Gasteiger partial charge in [0.05, 0.1) is 16.5 Å². The summed E-state index contributed by atoms with van der Waals surface area (Å²) >= 11 is 5.97. The van der Waals surface area contributed by atoms with Crippen LogP contribution in [-0.4, -0.2) is 11.8 Å². The van der Waals surface area contributed by atoms with E-state index < -0.39 is 5.91 Å². The van der Waals surface area contributed by atoms with E-state index in [1.54, 1.807) is 24.3 Å². The highest BCUT2D eigenvalue weighted by molar-refractivity contribution is 6.33. The highest BCUT2D eigenvalue weighted by Gasteiger charge is 2.20. The maximum absolute atomic E-state index is 12.4. The number of nitrogens with one attached hydrogen (secondary N) is 2. The molecule has 2 aromatic carbocycles. The van der Waals surface area contributed by atoms with Crippen LogP contribution in [0.25, 0.3) is 0 Å². The third-order valence-corrected chi connectivity index (χ3v) is 3.84. The molecule has 4 nitrogen and oxygen atoms in total. The van der Waals surface area contributed by atoms with Gasteiger partial charge in [-0.15, -0.1) is 0 Å². The molecule has 2 rings (SSSR count). The van der Waals surface area contributed by atoms with Crippen molar-refractivity contribution in [1.29, 1.82) is 0 Å². The van der Waals surface area contributed by atoms with Crippen molar-refractivity contribution >= 4 is 23.4 Å². The maximum Gasteiger partial charge on any atom is 0.271 e. The van der Waals surface area contributed by atoms with Crippen LogP contribution in [0.15, 0.2) is 54.6 Å². The Balaban J connectivity index is 2.02. The number of benzene rings is 2. The minimum absolute atomic E-state index is 0.238. The zero-order valence-electron chi connectivity index (χ0n) is 12.9. The molecule has 0 heterocycles. The highest BCUT2D eigenvalue weighted by atomic mass is 35.5. The van der Waals surface area contributed by atoms with E-state index in [1.165, 1.54) is 0 Å². The van der Waals surface area contributed by atoms with Crippen LogP contribution in [0.2, 0.25) is 5.02 Å². The molecular formula is C18H19ClN2O2. The predicted molar refractivity (Wildman–Crippen MR) is 91.2 cm³/mol. The zero-order chi connectivity index (χ0) is 16.7. The van der Waals surface area contributed by atoms with E-state index in [9.17, 15) is 9.59 Å². The molecular weight excluding hydrogens is 312 g/mol. The lowest BCUT2D eigenvalue weighted by Gasteiger charge is -2.17. The van der Waals surface area contributed by atoms with Crippen molar-refractivity contribution in [2.75, 3.05) is 0 Å². The fraction of sp³-hybridized carbons (Fsp3) is 0.222. The van der Waals surface area contributed by atoms with Gasteiger partial charge in [-0.2, -0.15) is 0 Å². The first-order valence-corrected chi connectivity index (χ1v) is 7.91. The van der Waals surface area contributed by atoms with Crippen molar-refractivity contribution in [2.45, 2.75) is 25.7 Å². The van der Waals surface area contributed by atoms with E-state index in [0.29, 0.717) is 17.0 Å². The van der Waals surface area contributed by atoms with Crippen LogP contribution in [0.5, 0.6) is 0 Å². The lowest BCUT2D eigenvalue weighted by molar-refractivity contribution is -0.123. The van der Waals surface area contributed by atoms with Gasteiger partial charge in [-0.25, -0.2) is 0 Å². The number of hydrogen-bond acceptors (Lipinski definition) is 2. The normalized spacial score (nSPS) is 11.6. The summed E-state index contributed by atoms with van der Waals surface area (Å²) in [7, 11) is 0. The van der Waals surface area contributed by atoms with Crippen molar-refractivity contribution < 1.29 is 9.59 Å². The number of halogens is 1. The number of carbonyl (C=O) groups excluding carboxylic acids is 2. The molecule has 120 valence electrons. The van der Waals surface area contributed by atoms with Crippen LogP contribution in [-0.2, 0) is 4.79 Å². The second kappa shape index (κ2) is 8.34. The molecule has 0 aromatic heterocycles. The number of hydrazine groups is 1. The first-order valence-electron chi connectivity index (χ1n) is 7.53. The summed E-state index contributed by atoms with van der Waals surface area (Å²) in [6.45, 7) is 2.02. The van der Waals surface area contributed by atoms with E-state index in [4.69, 9.17) is 11.6 Å². The van der Waals surface area contributed by atoms with Crippen LogP contribution in [0.1, 0.15) is 41.6 Å². The van der Waals surface area contributed by atoms with Crippen LogP contribution >= 0.6 is 11.6 Å². The van der Waals surface area contributed by atoms with Gasteiger partial charge in [0.2, 0.25) is 5.91 Å². The third-order valence-electron chi connectivity index (χ3n) is 3.51. The van der Waals surface area contributed by atoms with Gasteiger partial charge in [0.25, 0.3) is 5.91 Å². The van der Waals surface area contributed by atoms with Gasteiger partial charge in [0.1, 0.15) is 0 Å². The number of amides is 2. The Kier molecular flexibility index (Phi) is 6.18. The number of rotatable bonds is 5. The number of hydrogen-bond donors (Lipinski definition) is 2. The third kappa shape index (κ3) is 4.57. The molecule has 0 unspecified atom stereocenters. The van der Waals surface area contributed by atoms with Gasteiger partial charge < -0.3 is 0 Å². The Morgan fingerprint density at radius 3 is 2.30 bits per heavy atom. The second-order valence-corrected chi connectivity index (χ2v) is 5.58. The summed E-state index contributed by atoms with van der Waals surface area (Å²) in [5, 5.41) is 0.340. The molecule has 0 saturated carbocycles. The quantitative estimate of drug-likeness (QED) is 0.821. The maximum atomic E-state index is 12.4. The van der Waals surface area contributed by atoms with Gasteiger partial charge in [-0.05, 0) is 24.1 Å². The standard InChI is InChI=1S/C18H19ClN2O2/c1-2-8-14(13-9-4-3-5-10-13)17(22)20-21-18(23)15-11-6-7-12-16(15)19/h3-7,9-12,14H,2,8H2,1H3,(H,20,22)(H,21,23)/t14-/m0/s1. The van der Waals surface area contributed by atoms with Crippen molar-refractivity contribution in [3.8, 4) is 0 Å². The van der Waals surface area contributed by atoms with Crippen molar-refractivity contribution in [3.05, 3.63) is 70.7 Å². The van der Waals surface area contributed by atoms with Gasteiger partial charge in [-0.3, -0.25) is 20.4 Å². The van der Waals surface area contributed by atoms with Gasteiger partial charge in [0, 0.05) is 0 Å². The molecule has 0 aliphatic carbocycles. The van der Waals surface area contributed by atoms with Crippen LogP contribution in [0, 0.1) is 0 Å². The molecule has 1 atom stereocenters. The topological polar surface area (TPSA) is 58.2 Å². The first kappa shape index (κ1) is 17.0. The molecule has 0 bridgehead atoms. The number of carbonyl (C=O) groups is 2. The molecule has 2 amide bonds. The summed E-state index contributed by atoms with van der Waals surface area (Å²) in [5.74, 6) is -0.974. The smallest absolute Gasteiger partial charge is 0.271 e. The van der Waals surface area contributed by atoms with Gasteiger partial charge in [-0.1, -0.05) is 67.4 Å². The monoisotopic (exact) mass is 330 g/mol. The average molecular weight is 331 g/mol. The van der Waals surface area contributed by atoms with Crippen molar-refractivity contribution in [3.63, 3.8) is 0 Å². The van der Waals surface area contributed by atoms with E-state index in [1.807, 2.05) is 37.3 Å². The van der Waals surface area contributed by atoms with E-state index in [-0.39, 0.29) is 11.8 Å². The molecule has 2 N–H and O–H groups in total. The first-order chi connectivity index (χ1) is 11.1. The summed E-state index contributed by atoms with van der Waals surface area (Å²) < 4.78 is 0. The van der Waals surface area contributed by atoms with E-state index in [2.05, 4.69) is 10.9 Å². The molecule has 0 fully saturated rings. The van der Waals surface area contributed by atoms with Crippen LogP contribution < -0.4 is 10.9 Å². The Labute approximate surface area is 140 Å². The summed E-state index contributed by atoms with van der Waals surface area (Å²) in [6.07, 6.45) is 1.57. The average Bonchev–Trinajstić information content (AvgIpc) is 2.58. The van der Waals surface area contributed by atoms with Gasteiger partial charge >= 0.3 is 0 Å². The summed E-state index contributed by atoms with van der Waals surface area (Å²) in [4.78, 5) is 24.5. The Morgan fingerprint density at radius 2 is 1.65 bits per heavy atom. The van der Waals surface area contributed by atoms with Crippen molar-refractivity contribution in [1.82, 2.24) is 10.9 Å². The van der Waals surface area contributed by atoms with E-state index >= 15 is 0 Å². The summed E-state index contributed by atoms with van der Waals surface area (Å²) in [6, 6.07) is 16.2. The SMILES string of the molecule is CCC[C@H](C(=O)NNC(=O)c1ccccc1Cl)c1ccccc1. The molecule has 5 heteroatoms. The molecule has 2 aromatic rings. The molecule has 0 aliphatic rings. The van der Waals surface area contributed by atoms with Crippen molar-refractivity contribution in [2.24, 2.45) is 0 Å². The fourth-order valence-electron chi connectivity index (χ4n) is 2.34. The fourth-order valence-corrected chi connectivity index (χ4v) is 2.56. The Hall–Kier alpha value is -2.33. The molecule has 0 aliphatic heterocycles. The lowest BCUT2D eigenvalue weighted by atomic mass is 9.94. The second-order valence-electron chi connectivity index (χ2n) is 5.18. The molecule has 23 heavy (non-hydrogen) atoms. The largest absolute Gasteiger partial charge is 0.273 e. The highest BCUT2D eigenvalue weighted by Crippen LogP contribution is 2.21. The molecule has 0 saturated heterocycles. The predicted octanol–water partition coefficient (Wildman–Crippen LogP) is 3.68. The minimum atomic E-state index is -0.438. The van der Waals surface area contributed by atoms with Crippen LogP contribution in [0.4, 0.5) is 0 Å². The molecule has 0 radical (unpaired) electrons. The Bertz CT molecular complexity index is 674. The molecule has 0 spiro atoms. The Morgan fingerprint density at radius 1 is 1.00 bits per heavy atom. The van der Waals surface area contributed by atoms with E-state index in [0.717, 1.165) is 12.0 Å².